The van der Waals surface area contributed by atoms with Crippen molar-refractivity contribution in [3.63, 3.8) is 0 Å². The van der Waals surface area contributed by atoms with E-state index in [-0.39, 0.29) is 12.0 Å². The normalized spacial score (nSPS) is 15.8. The number of aryl methyl sites for hydroxylation is 2. The van der Waals surface area contributed by atoms with E-state index in [2.05, 4.69) is 11.4 Å². The fraction of sp³-hybridized carbons (Fsp3) is 0.562. The van der Waals surface area contributed by atoms with Crippen LogP contribution in [0.1, 0.15) is 30.4 Å². The van der Waals surface area contributed by atoms with Gasteiger partial charge in [-0.1, -0.05) is 6.07 Å². The molecule has 4 nitrogen and oxygen atoms in total. The molecular formula is C16H23NO3. The Labute approximate surface area is 120 Å². The number of hydrogen-bond donors (Lipinski definition) is 2. The van der Waals surface area contributed by atoms with Gasteiger partial charge in [0.25, 0.3) is 0 Å². The third-order valence-electron chi connectivity index (χ3n) is 3.47. The molecule has 1 saturated carbocycles. The first-order valence-corrected chi connectivity index (χ1v) is 7.20. The topological polar surface area (TPSA) is 58.6 Å². The van der Waals surface area contributed by atoms with Crippen LogP contribution in [-0.2, 0) is 4.79 Å². The van der Waals surface area contributed by atoms with Gasteiger partial charge >= 0.3 is 0 Å². The van der Waals surface area contributed by atoms with Crippen LogP contribution in [0.25, 0.3) is 0 Å². The molecule has 110 valence electrons. The maximum absolute atomic E-state index is 11.6. The first-order valence-electron chi connectivity index (χ1n) is 7.20. The van der Waals surface area contributed by atoms with Crippen LogP contribution in [0.2, 0.25) is 0 Å². The van der Waals surface area contributed by atoms with Crippen molar-refractivity contribution in [2.24, 2.45) is 5.92 Å². The molecule has 2 N–H and O–H groups in total. The van der Waals surface area contributed by atoms with Crippen LogP contribution >= 0.6 is 0 Å². The van der Waals surface area contributed by atoms with Gasteiger partial charge in [-0.3, -0.25) is 4.79 Å². The van der Waals surface area contributed by atoms with Gasteiger partial charge in [-0.15, -0.1) is 0 Å². The minimum atomic E-state index is -0.390. The molecule has 4 heteroatoms. The molecule has 0 heterocycles. The molecule has 1 aliphatic rings. The Morgan fingerprint density at radius 3 is 2.60 bits per heavy atom. The molecule has 1 unspecified atom stereocenters. The lowest BCUT2D eigenvalue weighted by Crippen LogP contribution is -2.33. The zero-order valence-corrected chi connectivity index (χ0v) is 12.2. The summed E-state index contributed by atoms with van der Waals surface area (Å²) in [4.78, 5) is 11.6. The summed E-state index contributed by atoms with van der Waals surface area (Å²) in [7, 11) is 0. The fourth-order valence-electron chi connectivity index (χ4n) is 2.23. The van der Waals surface area contributed by atoms with Crippen LogP contribution in [0.5, 0.6) is 5.75 Å². The van der Waals surface area contributed by atoms with Crippen LogP contribution in [0.15, 0.2) is 18.2 Å². The van der Waals surface area contributed by atoms with Gasteiger partial charge in [-0.05, 0) is 55.9 Å². The van der Waals surface area contributed by atoms with Crippen molar-refractivity contribution in [1.29, 1.82) is 0 Å². The SMILES string of the molecule is Cc1cc(C)cc(OCCC(=O)NCC(O)C2CC2)c1. The van der Waals surface area contributed by atoms with E-state index in [0.29, 0.717) is 25.5 Å². The van der Waals surface area contributed by atoms with Crippen LogP contribution in [0.3, 0.4) is 0 Å². The summed E-state index contributed by atoms with van der Waals surface area (Å²) < 4.78 is 5.58. The Morgan fingerprint density at radius 1 is 1.35 bits per heavy atom. The Balaban J connectivity index is 1.65. The molecule has 1 amide bonds. The Morgan fingerprint density at radius 2 is 2.00 bits per heavy atom. The van der Waals surface area contributed by atoms with Crippen molar-refractivity contribution < 1.29 is 14.6 Å². The third kappa shape index (κ3) is 4.85. The maximum atomic E-state index is 11.6. The molecule has 2 rings (SSSR count). The van der Waals surface area contributed by atoms with Gasteiger partial charge in [0.05, 0.1) is 19.1 Å². The van der Waals surface area contributed by atoms with Gasteiger partial charge in [0, 0.05) is 6.54 Å². The van der Waals surface area contributed by atoms with E-state index in [0.717, 1.165) is 29.7 Å². The first kappa shape index (κ1) is 14.9. The molecule has 20 heavy (non-hydrogen) atoms. The van der Waals surface area contributed by atoms with E-state index in [4.69, 9.17) is 4.74 Å². The highest BCUT2D eigenvalue weighted by atomic mass is 16.5. The minimum absolute atomic E-state index is 0.0749. The van der Waals surface area contributed by atoms with E-state index >= 15 is 0 Å². The van der Waals surface area contributed by atoms with Crippen molar-refractivity contribution in [1.82, 2.24) is 5.32 Å². The molecule has 0 saturated heterocycles. The molecular weight excluding hydrogens is 254 g/mol. The third-order valence-corrected chi connectivity index (χ3v) is 3.47. The van der Waals surface area contributed by atoms with Crippen molar-refractivity contribution in [2.45, 2.75) is 39.2 Å². The Bertz CT molecular complexity index is 449. The smallest absolute Gasteiger partial charge is 0.223 e. The second-order valence-electron chi connectivity index (χ2n) is 5.63. The number of hydrogen-bond acceptors (Lipinski definition) is 3. The van der Waals surface area contributed by atoms with Crippen molar-refractivity contribution in [2.75, 3.05) is 13.2 Å². The predicted octanol–water partition coefficient (Wildman–Crippen LogP) is 1.96. The summed E-state index contributed by atoms with van der Waals surface area (Å²) in [6.07, 6.45) is 2.07. The number of benzene rings is 1. The highest BCUT2D eigenvalue weighted by Gasteiger charge is 2.29. The van der Waals surface area contributed by atoms with Gasteiger partial charge in [0.2, 0.25) is 5.91 Å². The number of aliphatic hydroxyl groups is 1. The predicted molar refractivity (Wildman–Crippen MR) is 77.8 cm³/mol. The van der Waals surface area contributed by atoms with Gasteiger partial charge in [-0.2, -0.15) is 0 Å². The lowest BCUT2D eigenvalue weighted by molar-refractivity contribution is -0.122. The molecule has 0 radical (unpaired) electrons. The van der Waals surface area contributed by atoms with Crippen LogP contribution in [0.4, 0.5) is 0 Å². The summed E-state index contributed by atoms with van der Waals surface area (Å²) >= 11 is 0. The van der Waals surface area contributed by atoms with Gasteiger partial charge in [0.1, 0.15) is 5.75 Å². The number of carbonyl (C=O) groups is 1. The van der Waals surface area contributed by atoms with Gasteiger partial charge in [-0.25, -0.2) is 0 Å². The zero-order chi connectivity index (χ0) is 14.5. The number of nitrogens with one attached hydrogen (secondary N) is 1. The minimum Gasteiger partial charge on any atom is -0.493 e. The van der Waals surface area contributed by atoms with Gasteiger partial charge < -0.3 is 15.2 Å². The molecule has 0 aliphatic heterocycles. The maximum Gasteiger partial charge on any atom is 0.223 e. The fourth-order valence-corrected chi connectivity index (χ4v) is 2.23. The molecule has 1 fully saturated rings. The monoisotopic (exact) mass is 277 g/mol. The molecule has 1 atom stereocenters. The standard InChI is InChI=1S/C16H23NO3/c1-11-7-12(2)9-14(8-11)20-6-5-16(19)17-10-15(18)13-3-4-13/h7-9,13,15,18H,3-6,10H2,1-2H3,(H,17,19). The summed E-state index contributed by atoms with van der Waals surface area (Å²) in [5, 5.41) is 12.4. The molecule has 0 spiro atoms. The van der Waals surface area contributed by atoms with Crippen LogP contribution in [-0.4, -0.2) is 30.3 Å². The molecule has 0 aromatic heterocycles. The summed E-state index contributed by atoms with van der Waals surface area (Å²) in [5.41, 5.74) is 2.30. The molecule has 1 aromatic carbocycles. The van der Waals surface area contributed by atoms with Crippen molar-refractivity contribution >= 4 is 5.91 Å². The highest BCUT2D eigenvalue weighted by molar-refractivity contribution is 5.76. The second-order valence-corrected chi connectivity index (χ2v) is 5.63. The highest BCUT2D eigenvalue weighted by Crippen LogP contribution is 2.32. The summed E-state index contributed by atoms with van der Waals surface area (Å²) in [6.45, 7) is 4.75. The first-order chi connectivity index (χ1) is 9.54. The largest absolute Gasteiger partial charge is 0.493 e. The Kier molecular flexibility index (Phi) is 5.01. The van der Waals surface area contributed by atoms with Gasteiger partial charge in [0.15, 0.2) is 0 Å². The number of ether oxygens (including phenoxy) is 1. The number of carbonyl (C=O) groups excluding carboxylic acids is 1. The lowest BCUT2D eigenvalue weighted by Gasteiger charge is -2.11. The Hall–Kier alpha value is -1.55. The summed E-state index contributed by atoms with van der Waals surface area (Å²) in [5.74, 6) is 1.12. The van der Waals surface area contributed by atoms with Crippen molar-refractivity contribution in [3.05, 3.63) is 29.3 Å². The van der Waals surface area contributed by atoms with Crippen molar-refractivity contribution in [3.8, 4) is 5.75 Å². The molecule has 0 bridgehead atoms. The number of amides is 1. The van der Waals surface area contributed by atoms with E-state index in [1.165, 1.54) is 0 Å². The van der Waals surface area contributed by atoms with E-state index in [1.807, 2.05) is 26.0 Å². The van der Waals surface area contributed by atoms with Crippen LogP contribution in [0, 0.1) is 19.8 Å². The summed E-state index contributed by atoms with van der Waals surface area (Å²) in [6, 6.07) is 6.00. The number of aliphatic hydroxyl groups excluding tert-OH is 1. The zero-order valence-electron chi connectivity index (χ0n) is 12.2. The lowest BCUT2D eigenvalue weighted by atomic mass is 10.1. The van der Waals surface area contributed by atoms with E-state index in [9.17, 15) is 9.90 Å². The quantitative estimate of drug-likeness (QED) is 0.801. The average molecular weight is 277 g/mol. The molecule has 1 aromatic rings. The van der Waals surface area contributed by atoms with E-state index in [1.54, 1.807) is 0 Å². The van der Waals surface area contributed by atoms with E-state index < -0.39 is 0 Å². The van der Waals surface area contributed by atoms with Crippen LogP contribution < -0.4 is 10.1 Å². The molecule has 1 aliphatic carbocycles. The average Bonchev–Trinajstić information content (AvgIpc) is 3.19. The second kappa shape index (κ2) is 6.75. The number of rotatable bonds is 7.